The quantitative estimate of drug-likeness (QED) is 0.613. The van der Waals surface area contributed by atoms with Crippen molar-refractivity contribution in [2.24, 2.45) is 0 Å². The van der Waals surface area contributed by atoms with Gasteiger partial charge in [0.15, 0.2) is 6.61 Å². The lowest BCUT2D eigenvalue weighted by Gasteiger charge is -2.11. The number of carbonyl (C=O) groups is 1. The summed E-state index contributed by atoms with van der Waals surface area (Å²) in [4.78, 5) is 11.9. The Labute approximate surface area is 160 Å². The molecule has 0 radical (unpaired) electrons. The molecule has 27 heavy (non-hydrogen) atoms. The molecule has 0 unspecified atom stereocenters. The highest BCUT2D eigenvalue weighted by Crippen LogP contribution is 2.27. The van der Waals surface area contributed by atoms with Crippen LogP contribution in [0.2, 0.25) is 0 Å². The van der Waals surface area contributed by atoms with Crippen molar-refractivity contribution in [2.45, 2.75) is 19.8 Å². The van der Waals surface area contributed by atoms with Gasteiger partial charge in [0.05, 0.1) is 20.8 Å². The minimum Gasteiger partial charge on any atom is -0.496 e. The molecule has 0 aromatic heterocycles. The first kappa shape index (κ1) is 20.4. The van der Waals surface area contributed by atoms with E-state index in [-0.39, 0.29) is 12.5 Å². The fourth-order valence-electron chi connectivity index (χ4n) is 2.46. The first-order valence-corrected chi connectivity index (χ1v) is 8.99. The van der Waals surface area contributed by atoms with Crippen LogP contribution < -0.4 is 24.3 Å². The minimum absolute atomic E-state index is 0.0952. The van der Waals surface area contributed by atoms with Crippen molar-refractivity contribution < 1.29 is 23.7 Å². The second-order valence-electron chi connectivity index (χ2n) is 5.93. The summed E-state index contributed by atoms with van der Waals surface area (Å²) in [6, 6.07) is 13.2. The van der Waals surface area contributed by atoms with Crippen LogP contribution in [0.25, 0.3) is 0 Å². The SMILES string of the molecule is CCCc1ccc(OCCNC(=O)COc2cc(OC)cc(OC)c2)cc1. The molecule has 6 nitrogen and oxygen atoms in total. The topological polar surface area (TPSA) is 66.0 Å². The number of benzene rings is 2. The second kappa shape index (κ2) is 11.0. The third kappa shape index (κ3) is 7.09. The summed E-state index contributed by atoms with van der Waals surface area (Å²) < 4.78 is 21.5. The third-order valence-corrected chi connectivity index (χ3v) is 3.85. The van der Waals surface area contributed by atoms with Gasteiger partial charge in [0.25, 0.3) is 5.91 Å². The van der Waals surface area contributed by atoms with E-state index in [2.05, 4.69) is 24.4 Å². The van der Waals surface area contributed by atoms with Crippen LogP contribution in [-0.4, -0.2) is 39.9 Å². The molecule has 0 atom stereocenters. The predicted molar refractivity (Wildman–Crippen MR) is 104 cm³/mol. The zero-order valence-corrected chi connectivity index (χ0v) is 16.1. The maximum atomic E-state index is 11.9. The lowest BCUT2D eigenvalue weighted by molar-refractivity contribution is -0.123. The number of aryl methyl sites for hydroxylation is 1. The first-order valence-electron chi connectivity index (χ1n) is 8.99. The van der Waals surface area contributed by atoms with Crippen LogP contribution in [0.3, 0.4) is 0 Å². The molecular weight excluding hydrogens is 346 g/mol. The maximum absolute atomic E-state index is 11.9. The summed E-state index contributed by atoms with van der Waals surface area (Å²) in [7, 11) is 3.12. The standard InChI is InChI=1S/C21H27NO5/c1-4-5-16-6-8-17(9-7-16)26-11-10-22-21(23)15-27-20-13-18(24-2)12-19(14-20)25-3/h6-9,12-14H,4-5,10-11,15H2,1-3H3,(H,22,23). The van der Waals surface area contributed by atoms with E-state index in [1.807, 2.05) is 12.1 Å². The van der Waals surface area contributed by atoms with Gasteiger partial charge in [0, 0.05) is 18.2 Å². The summed E-state index contributed by atoms with van der Waals surface area (Å²) >= 11 is 0. The molecule has 0 aliphatic heterocycles. The zero-order chi connectivity index (χ0) is 19.5. The lowest BCUT2D eigenvalue weighted by atomic mass is 10.1. The summed E-state index contributed by atoms with van der Waals surface area (Å²) in [5.74, 6) is 2.28. The molecule has 0 saturated heterocycles. The van der Waals surface area contributed by atoms with E-state index in [0.29, 0.717) is 30.4 Å². The van der Waals surface area contributed by atoms with E-state index in [0.717, 1.165) is 18.6 Å². The van der Waals surface area contributed by atoms with E-state index < -0.39 is 0 Å². The summed E-state index contributed by atoms with van der Waals surface area (Å²) in [6.45, 7) is 2.86. The Morgan fingerprint density at radius 1 is 0.889 bits per heavy atom. The van der Waals surface area contributed by atoms with Crippen LogP contribution in [0, 0.1) is 0 Å². The number of rotatable bonds is 11. The van der Waals surface area contributed by atoms with Gasteiger partial charge < -0.3 is 24.3 Å². The molecule has 2 aromatic carbocycles. The highest BCUT2D eigenvalue weighted by Gasteiger charge is 2.06. The number of hydrogen-bond donors (Lipinski definition) is 1. The normalized spacial score (nSPS) is 10.2. The monoisotopic (exact) mass is 373 g/mol. The van der Waals surface area contributed by atoms with Gasteiger partial charge in [-0.1, -0.05) is 25.5 Å². The fraction of sp³-hybridized carbons (Fsp3) is 0.381. The lowest BCUT2D eigenvalue weighted by Crippen LogP contribution is -2.32. The van der Waals surface area contributed by atoms with Crippen LogP contribution in [0.4, 0.5) is 0 Å². The van der Waals surface area contributed by atoms with E-state index in [1.54, 1.807) is 32.4 Å². The fourth-order valence-corrected chi connectivity index (χ4v) is 2.46. The van der Waals surface area contributed by atoms with Gasteiger partial charge in [-0.05, 0) is 24.1 Å². The Balaban J connectivity index is 1.69. The molecule has 0 saturated carbocycles. The van der Waals surface area contributed by atoms with Crippen LogP contribution in [0.15, 0.2) is 42.5 Å². The molecule has 2 aromatic rings. The first-order chi connectivity index (χ1) is 13.1. The molecule has 1 amide bonds. The zero-order valence-electron chi connectivity index (χ0n) is 16.1. The van der Waals surface area contributed by atoms with E-state index in [1.165, 1.54) is 5.56 Å². The van der Waals surface area contributed by atoms with Crippen LogP contribution in [-0.2, 0) is 11.2 Å². The number of hydrogen-bond acceptors (Lipinski definition) is 5. The molecule has 0 bridgehead atoms. The van der Waals surface area contributed by atoms with Crippen molar-refractivity contribution in [1.29, 1.82) is 0 Å². The smallest absolute Gasteiger partial charge is 0.258 e. The molecular formula is C21H27NO5. The summed E-state index contributed by atoms with van der Waals surface area (Å²) in [5, 5.41) is 2.76. The molecule has 146 valence electrons. The average molecular weight is 373 g/mol. The number of amides is 1. The van der Waals surface area contributed by atoms with Crippen molar-refractivity contribution in [3.05, 3.63) is 48.0 Å². The highest BCUT2D eigenvalue weighted by molar-refractivity contribution is 5.77. The summed E-state index contributed by atoms with van der Waals surface area (Å²) in [5.41, 5.74) is 1.30. The van der Waals surface area contributed by atoms with E-state index >= 15 is 0 Å². The van der Waals surface area contributed by atoms with Crippen molar-refractivity contribution >= 4 is 5.91 Å². The van der Waals surface area contributed by atoms with Gasteiger partial charge >= 0.3 is 0 Å². The van der Waals surface area contributed by atoms with Gasteiger partial charge in [-0.15, -0.1) is 0 Å². The van der Waals surface area contributed by atoms with Gasteiger partial charge in [0.1, 0.15) is 29.6 Å². The Morgan fingerprint density at radius 3 is 2.11 bits per heavy atom. The van der Waals surface area contributed by atoms with Gasteiger partial charge in [-0.3, -0.25) is 4.79 Å². The molecule has 0 heterocycles. The molecule has 1 N–H and O–H groups in total. The highest BCUT2D eigenvalue weighted by atomic mass is 16.5. The maximum Gasteiger partial charge on any atom is 0.258 e. The van der Waals surface area contributed by atoms with Gasteiger partial charge in [0.2, 0.25) is 0 Å². The average Bonchev–Trinajstić information content (AvgIpc) is 2.70. The minimum atomic E-state index is -0.223. The molecule has 2 rings (SSSR count). The largest absolute Gasteiger partial charge is 0.496 e. The molecule has 0 aliphatic rings. The van der Waals surface area contributed by atoms with Crippen LogP contribution >= 0.6 is 0 Å². The van der Waals surface area contributed by atoms with Gasteiger partial charge in [-0.25, -0.2) is 0 Å². The van der Waals surface area contributed by atoms with E-state index in [9.17, 15) is 4.79 Å². The number of nitrogens with one attached hydrogen (secondary N) is 1. The second-order valence-corrected chi connectivity index (χ2v) is 5.93. The molecule has 0 aliphatic carbocycles. The number of ether oxygens (including phenoxy) is 4. The predicted octanol–water partition coefficient (Wildman–Crippen LogP) is 3.23. The van der Waals surface area contributed by atoms with Crippen molar-refractivity contribution in [1.82, 2.24) is 5.32 Å². The molecule has 0 spiro atoms. The van der Waals surface area contributed by atoms with Crippen LogP contribution in [0.1, 0.15) is 18.9 Å². The van der Waals surface area contributed by atoms with Crippen molar-refractivity contribution in [3.8, 4) is 23.0 Å². The Morgan fingerprint density at radius 2 is 1.52 bits per heavy atom. The Kier molecular flexibility index (Phi) is 8.29. The third-order valence-electron chi connectivity index (χ3n) is 3.85. The van der Waals surface area contributed by atoms with E-state index in [4.69, 9.17) is 18.9 Å². The molecule has 0 fully saturated rings. The molecule has 6 heteroatoms. The number of methoxy groups -OCH3 is 2. The summed E-state index contributed by atoms with van der Waals surface area (Å²) in [6.07, 6.45) is 2.19. The Hall–Kier alpha value is -2.89. The number of carbonyl (C=O) groups excluding carboxylic acids is 1. The van der Waals surface area contributed by atoms with Crippen molar-refractivity contribution in [2.75, 3.05) is 34.0 Å². The van der Waals surface area contributed by atoms with Crippen LogP contribution in [0.5, 0.6) is 23.0 Å². The Bertz CT molecular complexity index is 693. The van der Waals surface area contributed by atoms with Crippen molar-refractivity contribution in [3.63, 3.8) is 0 Å². The van der Waals surface area contributed by atoms with Gasteiger partial charge in [-0.2, -0.15) is 0 Å².